The van der Waals surface area contributed by atoms with Gasteiger partial charge < -0.3 is 5.32 Å². The molecule has 5 nitrogen and oxygen atoms in total. The Balaban J connectivity index is 1.99. The van der Waals surface area contributed by atoms with Crippen molar-refractivity contribution in [3.8, 4) is 0 Å². The highest BCUT2D eigenvalue weighted by atomic mass is 19.1. The predicted octanol–water partition coefficient (Wildman–Crippen LogP) is 1.50. The molecule has 2 unspecified atom stereocenters. The van der Waals surface area contributed by atoms with E-state index in [-0.39, 0.29) is 11.8 Å². The molecule has 0 bridgehead atoms. The third-order valence-corrected chi connectivity index (χ3v) is 2.78. The Morgan fingerprint density at radius 1 is 1.62 bits per heavy atom. The molecule has 6 heteroatoms. The molecule has 0 spiro atoms. The lowest BCUT2D eigenvalue weighted by Crippen LogP contribution is -2.14. The lowest BCUT2D eigenvalue weighted by atomic mass is 10.2. The lowest BCUT2D eigenvalue weighted by molar-refractivity contribution is 0.615. The minimum absolute atomic E-state index is 0.219. The quantitative estimate of drug-likeness (QED) is 0.523. The van der Waals surface area contributed by atoms with Crippen molar-refractivity contribution in [1.29, 1.82) is 0 Å². The van der Waals surface area contributed by atoms with E-state index in [0.29, 0.717) is 12.0 Å². The maximum Gasteiger partial charge on any atom is 0.239 e. The number of rotatable bonds is 5. The van der Waals surface area contributed by atoms with Crippen LogP contribution in [0.3, 0.4) is 0 Å². The highest BCUT2D eigenvalue weighted by molar-refractivity contribution is 5.42. The van der Waals surface area contributed by atoms with Crippen LogP contribution >= 0.6 is 0 Å². The van der Waals surface area contributed by atoms with Gasteiger partial charge in [0.15, 0.2) is 11.6 Å². The molecule has 0 amide bonds. The fraction of sp³-hybridized carbons (Fsp3) is 0.600. The summed E-state index contributed by atoms with van der Waals surface area (Å²) in [7, 11) is 0. The normalized spacial score (nSPS) is 22.9. The van der Waals surface area contributed by atoms with Gasteiger partial charge in [-0.05, 0) is 18.8 Å². The molecule has 1 aromatic heterocycles. The topological polar surface area (TPSA) is 75.9 Å². The van der Waals surface area contributed by atoms with Crippen molar-refractivity contribution in [1.82, 2.24) is 9.97 Å². The van der Waals surface area contributed by atoms with E-state index in [1.807, 2.05) is 0 Å². The summed E-state index contributed by atoms with van der Waals surface area (Å²) in [6, 6.07) is 0.343. The molecule has 1 aliphatic rings. The highest BCUT2D eigenvalue weighted by Crippen LogP contribution is 2.37. The summed E-state index contributed by atoms with van der Waals surface area (Å²) in [5.74, 6) is 5.82. The van der Waals surface area contributed by atoms with E-state index in [4.69, 9.17) is 5.84 Å². The number of nitrogens with zero attached hydrogens (tertiary/aromatic N) is 2. The second-order valence-electron chi connectivity index (χ2n) is 4.07. The molecule has 4 N–H and O–H groups in total. The van der Waals surface area contributed by atoms with Gasteiger partial charge in [-0.2, -0.15) is 4.98 Å². The van der Waals surface area contributed by atoms with Gasteiger partial charge in [-0.1, -0.05) is 13.3 Å². The van der Waals surface area contributed by atoms with Gasteiger partial charge in [-0.15, -0.1) is 0 Å². The first-order chi connectivity index (χ1) is 7.74. The van der Waals surface area contributed by atoms with Crippen LogP contribution in [-0.4, -0.2) is 16.0 Å². The number of aromatic nitrogens is 2. The van der Waals surface area contributed by atoms with Crippen molar-refractivity contribution in [3.05, 3.63) is 12.0 Å². The Morgan fingerprint density at radius 2 is 2.44 bits per heavy atom. The number of nitrogens with one attached hydrogen (secondary N) is 2. The fourth-order valence-corrected chi connectivity index (χ4v) is 1.83. The number of nitrogen functional groups attached to an aromatic ring is 1. The number of hydrogen-bond acceptors (Lipinski definition) is 5. The van der Waals surface area contributed by atoms with Crippen LogP contribution in [0.1, 0.15) is 26.2 Å². The minimum Gasteiger partial charge on any atom is -0.364 e. The van der Waals surface area contributed by atoms with Crippen molar-refractivity contribution in [2.75, 3.05) is 10.7 Å². The van der Waals surface area contributed by atoms with E-state index in [1.54, 1.807) is 0 Å². The SMILES string of the molecule is CCCC1CC1Nc1nc(NN)ncc1F. The molecule has 2 atom stereocenters. The Kier molecular flexibility index (Phi) is 3.19. The maximum atomic E-state index is 13.4. The Hall–Kier alpha value is -1.43. The van der Waals surface area contributed by atoms with Crippen molar-refractivity contribution >= 4 is 11.8 Å². The molecule has 1 fully saturated rings. The van der Waals surface area contributed by atoms with E-state index in [0.717, 1.165) is 19.0 Å². The molecule has 0 saturated heterocycles. The Labute approximate surface area is 93.6 Å². The van der Waals surface area contributed by atoms with Gasteiger partial charge in [0.05, 0.1) is 6.20 Å². The molecule has 2 rings (SSSR count). The van der Waals surface area contributed by atoms with Crippen LogP contribution in [0.5, 0.6) is 0 Å². The summed E-state index contributed by atoms with van der Waals surface area (Å²) >= 11 is 0. The predicted molar refractivity (Wildman–Crippen MR) is 60.2 cm³/mol. The van der Waals surface area contributed by atoms with Gasteiger partial charge in [-0.3, -0.25) is 5.43 Å². The van der Waals surface area contributed by atoms with Crippen molar-refractivity contribution in [2.24, 2.45) is 11.8 Å². The number of anilines is 2. The summed E-state index contributed by atoms with van der Waals surface area (Å²) in [6.07, 6.45) is 4.53. The van der Waals surface area contributed by atoms with Crippen LogP contribution < -0.4 is 16.6 Å². The largest absolute Gasteiger partial charge is 0.364 e. The minimum atomic E-state index is -0.443. The number of halogens is 1. The van der Waals surface area contributed by atoms with Crippen LogP contribution in [0.15, 0.2) is 6.20 Å². The molecule has 1 heterocycles. The standard InChI is InChI=1S/C10H16FN5/c1-2-3-6-4-8(6)14-9-7(11)5-13-10(15-9)16-12/h5-6,8H,2-4,12H2,1H3,(H2,13,14,15,16). The first kappa shape index (κ1) is 11.1. The Bertz CT molecular complexity index is 370. The molecule has 0 radical (unpaired) electrons. The zero-order valence-electron chi connectivity index (χ0n) is 9.20. The van der Waals surface area contributed by atoms with Crippen LogP contribution in [0, 0.1) is 11.7 Å². The van der Waals surface area contributed by atoms with Gasteiger partial charge >= 0.3 is 0 Å². The van der Waals surface area contributed by atoms with E-state index in [9.17, 15) is 4.39 Å². The van der Waals surface area contributed by atoms with Gasteiger partial charge in [0.2, 0.25) is 5.95 Å². The van der Waals surface area contributed by atoms with Crippen molar-refractivity contribution < 1.29 is 4.39 Å². The molecule has 0 aromatic carbocycles. The molecule has 0 aliphatic heterocycles. The molecular formula is C10H16FN5. The second kappa shape index (κ2) is 4.61. The van der Waals surface area contributed by atoms with E-state index in [2.05, 4.69) is 27.6 Å². The van der Waals surface area contributed by atoms with E-state index in [1.165, 1.54) is 6.42 Å². The maximum absolute atomic E-state index is 13.4. The monoisotopic (exact) mass is 225 g/mol. The van der Waals surface area contributed by atoms with Crippen LogP contribution in [0.2, 0.25) is 0 Å². The van der Waals surface area contributed by atoms with Gasteiger partial charge in [0.1, 0.15) is 0 Å². The molecule has 1 aliphatic carbocycles. The van der Waals surface area contributed by atoms with Crippen LogP contribution in [0.25, 0.3) is 0 Å². The van der Waals surface area contributed by atoms with Crippen molar-refractivity contribution in [2.45, 2.75) is 32.2 Å². The summed E-state index contributed by atoms with van der Waals surface area (Å²) in [4.78, 5) is 7.61. The molecule has 1 saturated carbocycles. The smallest absolute Gasteiger partial charge is 0.239 e. The van der Waals surface area contributed by atoms with E-state index >= 15 is 0 Å². The Morgan fingerprint density at radius 3 is 3.12 bits per heavy atom. The van der Waals surface area contributed by atoms with E-state index < -0.39 is 5.82 Å². The lowest BCUT2D eigenvalue weighted by Gasteiger charge is -2.07. The summed E-state index contributed by atoms with van der Waals surface area (Å²) < 4.78 is 13.4. The zero-order chi connectivity index (χ0) is 11.5. The molecule has 88 valence electrons. The van der Waals surface area contributed by atoms with Crippen LogP contribution in [0.4, 0.5) is 16.2 Å². The summed E-state index contributed by atoms with van der Waals surface area (Å²) in [6.45, 7) is 2.15. The number of hydrazine groups is 1. The average Bonchev–Trinajstić information content (AvgIpc) is 3.00. The molecular weight excluding hydrogens is 209 g/mol. The van der Waals surface area contributed by atoms with Crippen molar-refractivity contribution in [3.63, 3.8) is 0 Å². The third-order valence-electron chi connectivity index (χ3n) is 2.78. The first-order valence-corrected chi connectivity index (χ1v) is 5.50. The van der Waals surface area contributed by atoms with Gasteiger partial charge in [0.25, 0.3) is 0 Å². The van der Waals surface area contributed by atoms with Crippen LogP contribution in [-0.2, 0) is 0 Å². The molecule has 1 aromatic rings. The first-order valence-electron chi connectivity index (χ1n) is 5.50. The molecule has 16 heavy (non-hydrogen) atoms. The zero-order valence-corrected chi connectivity index (χ0v) is 9.20. The fourth-order valence-electron chi connectivity index (χ4n) is 1.83. The number of hydrogen-bond donors (Lipinski definition) is 3. The van der Waals surface area contributed by atoms with Gasteiger partial charge in [-0.25, -0.2) is 15.2 Å². The van der Waals surface area contributed by atoms with Gasteiger partial charge in [0, 0.05) is 6.04 Å². The third kappa shape index (κ3) is 2.38. The summed E-state index contributed by atoms with van der Waals surface area (Å²) in [5, 5.41) is 3.07. The summed E-state index contributed by atoms with van der Waals surface area (Å²) in [5.41, 5.74) is 2.30. The average molecular weight is 225 g/mol. The highest BCUT2D eigenvalue weighted by Gasteiger charge is 2.36. The number of nitrogens with two attached hydrogens (primary N) is 1. The second-order valence-corrected chi connectivity index (χ2v) is 4.07.